The second kappa shape index (κ2) is 8.89. The van der Waals surface area contributed by atoms with Gasteiger partial charge in [-0.15, -0.1) is 11.3 Å². The highest BCUT2D eigenvalue weighted by atomic mass is 32.2. The molecule has 3 aromatic rings. The summed E-state index contributed by atoms with van der Waals surface area (Å²) in [6.07, 6.45) is 2.95. The molecule has 1 aromatic carbocycles. The summed E-state index contributed by atoms with van der Waals surface area (Å²) >= 11 is 3.12. The van der Waals surface area contributed by atoms with Gasteiger partial charge in [0.15, 0.2) is 5.50 Å². The first-order valence-corrected chi connectivity index (χ1v) is 12.3. The van der Waals surface area contributed by atoms with Crippen LogP contribution in [0.3, 0.4) is 0 Å². The lowest BCUT2D eigenvalue weighted by atomic mass is 10.1. The smallest absolute Gasteiger partial charge is 0.260 e. The van der Waals surface area contributed by atoms with Crippen LogP contribution in [0.1, 0.15) is 45.4 Å². The van der Waals surface area contributed by atoms with Crippen LogP contribution in [0.4, 0.5) is 5.69 Å². The third-order valence-corrected chi connectivity index (χ3v) is 8.05. The van der Waals surface area contributed by atoms with Crippen molar-refractivity contribution in [1.29, 1.82) is 5.26 Å². The van der Waals surface area contributed by atoms with Gasteiger partial charge in [0.2, 0.25) is 0 Å². The highest BCUT2D eigenvalue weighted by molar-refractivity contribution is 8.05. The number of hydrogen-bond donors (Lipinski definition) is 2. The van der Waals surface area contributed by atoms with Gasteiger partial charge in [0.25, 0.3) is 5.91 Å². The molecule has 2 N–H and O–H groups in total. The Morgan fingerprint density at radius 3 is 2.59 bits per heavy atom. The summed E-state index contributed by atoms with van der Waals surface area (Å²) in [4.78, 5) is 14.4. The van der Waals surface area contributed by atoms with Gasteiger partial charge in [0.05, 0.1) is 10.5 Å². The molecule has 0 bridgehead atoms. The third kappa shape index (κ3) is 4.08. The first-order valence-electron chi connectivity index (χ1n) is 10.6. The number of hydrogen-bond acceptors (Lipinski definition) is 5. The number of thiophene rings is 1. The summed E-state index contributed by atoms with van der Waals surface area (Å²) < 4.78 is 2.12. The molecule has 3 heterocycles. The lowest BCUT2D eigenvalue weighted by Crippen LogP contribution is -2.30. The van der Waals surface area contributed by atoms with Crippen LogP contribution in [0.5, 0.6) is 0 Å². The van der Waals surface area contributed by atoms with Crippen LogP contribution in [-0.4, -0.2) is 16.0 Å². The van der Waals surface area contributed by atoms with Crippen LogP contribution >= 0.6 is 23.1 Å². The van der Waals surface area contributed by atoms with E-state index in [1.807, 2.05) is 45.9 Å². The zero-order valence-corrected chi connectivity index (χ0v) is 20.5. The summed E-state index contributed by atoms with van der Waals surface area (Å²) in [6, 6.07) is 12.7. The first-order chi connectivity index (χ1) is 15.3. The minimum atomic E-state index is -0.211. The molecule has 1 fully saturated rings. The number of anilines is 1. The van der Waals surface area contributed by atoms with Crippen molar-refractivity contribution < 1.29 is 4.79 Å². The van der Waals surface area contributed by atoms with Gasteiger partial charge in [0.1, 0.15) is 11.1 Å². The molecule has 0 radical (unpaired) electrons. The number of amides is 1. The third-order valence-electron chi connectivity index (χ3n) is 5.83. The fraction of sp³-hybridized carbons (Fsp3) is 0.280. The Bertz CT molecular complexity index is 1260. The Morgan fingerprint density at radius 1 is 1.22 bits per heavy atom. The number of nitrogens with one attached hydrogen (secondary N) is 2. The fourth-order valence-corrected chi connectivity index (χ4v) is 6.03. The maximum atomic E-state index is 12.6. The number of benzene rings is 1. The number of rotatable bonds is 5. The number of thioether (sulfide) groups is 1. The number of carbonyl (C=O) groups is 1. The van der Waals surface area contributed by atoms with E-state index < -0.39 is 0 Å². The molecular weight excluding hydrogens is 436 g/mol. The van der Waals surface area contributed by atoms with Gasteiger partial charge in [-0.2, -0.15) is 5.26 Å². The molecule has 0 saturated carbocycles. The lowest BCUT2D eigenvalue weighted by Gasteiger charge is -2.12. The van der Waals surface area contributed by atoms with Gasteiger partial charge in [-0.1, -0.05) is 30.8 Å². The van der Waals surface area contributed by atoms with Crippen LogP contribution in [0.15, 0.2) is 35.2 Å². The predicted octanol–water partition coefficient (Wildman–Crippen LogP) is 5.81. The molecule has 164 valence electrons. The maximum Gasteiger partial charge on any atom is 0.260 e. The van der Waals surface area contributed by atoms with Gasteiger partial charge < -0.3 is 15.2 Å². The van der Waals surface area contributed by atoms with E-state index in [9.17, 15) is 10.1 Å². The average molecular weight is 463 g/mol. The van der Waals surface area contributed by atoms with Crippen molar-refractivity contribution in [2.75, 3.05) is 5.32 Å². The van der Waals surface area contributed by atoms with Crippen LogP contribution in [0.25, 0.3) is 11.1 Å². The number of nitriles is 1. The van der Waals surface area contributed by atoms with Crippen molar-refractivity contribution >= 4 is 40.8 Å². The Morgan fingerprint density at radius 2 is 1.94 bits per heavy atom. The van der Waals surface area contributed by atoms with Crippen molar-refractivity contribution in [2.45, 2.75) is 46.5 Å². The Labute approximate surface area is 197 Å². The van der Waals surface area contributed by atoms with E-state index in [4.69, 9.17) is 0 Å². The van der Waals surface area contributed by atoms with E-state index in [1.165, 1.54) is 17.3 Å². The molecule has 1 saturated heterocycles. The minimum absolute atomic E-state index is 0.0805. The topological polar surface area (TPSA) is 69.8 Å². The minimum Gasteiger partial charge on any atom is -0.357 e. The summed E-state index contributed by atoms with van der Waals surface area (Å²) in [5.41, 5.74) is 6.86. The van der Waals surface area contributed by atoms with Gasteiger partial charge in [0, 0.05) is 22.0 Å². The van der Waals surface area contributed by atoms with Crippen molar-refractivity contribution in [3.8, 4) is 11.1 Å². The van der Waals surface area contributed by atoms with Gasteiger partial charge >= 0.3 is 0 Å². The molecule has 1 aliphatic rings. The maximum absolute atomic E-state index is 12.6. The van der Waals surface area contributed by atoms with E-state index in [1.54, 1.807) is 11.3 Å². The van der Waals surface area contributed by atoms with Crippen LogP contribution < -0.4 is 10.6 Å². The molecule has 0 unspecified atom stereocenters. The van der Waals surface area contributed by atoms with Crippen molar-refractivity contribution in [1.82, 2.24) is 9.88 Å². The van der Waals surface area contributed by atoms with Crippen molar-refractivity contribution in [3.05, 3.63) is 73.8 Å². The number of aryl methyl sites for hydroxylation is 3. The number of carbonyl (C=O) groups excluding carboxylic acids is 1. The monoisotopic (exact) mass is 462 g/mol. The summed E-state index contributed by atoms with van der Waals surface area (Å²) in [5, 5.41) is 17.0. The molecule has 1 amide bonds. The average Bonchev–Trinajstić information content (AvgIpc) is 3.35. The van der Waals surface area contributed by atoms with Gasteiger partial charge in [-0.05, 0) is 75.1 Å². The Hall–Kier alpha value is -2.95. The number of aromatic nitrogens is 1. The molecule has 5 nitrogen and oxygen atoms in total. The van der Waals surface area contributed by atoms with Crippen molar-refractivity contribution in [2.24, 2.45) is 0 Å². The van der Waals surface area contributed by atoms with Crippen LogP contribution in [0.2, 0.25) is 0 Å². The van der Waals surface area contributed by atoms with E-state index in [-0.39, 0.29) is 11.4 Å². The predicted molar refractivity (Wildman–Crippen MR) is 134 cm³/mol. The van der Waals surface area contributed by atoms with E-state index in [2.05, 4.69) is 46.4 Å². The second-order valence-electron chi connectivity index (χ2n) is 7.91. The second-order valence-corrected chi connectivity index (χ2v) is 10.3. The SMILES string of the molecule is CCc1ccc(N[C@@H]2NC(=O)/C(=C/c3cc(C)n(-c4sc(C)c(C)c4C#N)c3C)S2)cc1. The lowest BCUT2D eigenvalue weighted by molar-refractivity contribution is -0.116. The highest BCUT2D eigenvalue weighted by Gasteiger charge is 2.28. The zero-order valence-electron chi connectivity index (χ0n) is 18.9. The zero-order chi connectivity index (χ0) is 23.0. The summed E-state index contributed by atoms with van der Waals surface area (Å²) in [5.74, 6) is -0.0805. The summed E-state index contributed by atoms with van der Waals surface area (Å²) in [6.45, 7) is 10.2. The number of nitrogens with zero attached hydrogens (tertiary/aromatic N) is 2. The van der Waals surface area contributed by atoms with Crippen LogP contribution in [-0.2, 0) is 11.2 Å². The Balaban J connectivity index is 1.59. The fourth-order valence-electron chi connectivity index (χ4n) is 3.84. The quantitative estimate of drug-likeness (QED) is 0.470. The molecule has 1 atom stereocenters. The van der Waals surface area contributed by atoms with Gasteiger partial charge in [-0.25, -0.2) is 0 Å². The standard InChI is InChI=1S/C25H26N4OS2/c1-6-18-7-9-20(10-8-18)27-25-28-23(30)22(32-25)12-19-11-14(2)29(16(19)4)24-21(13-26)15(3)17(5)31-24/h7-12,25,27H,6H2,1-5H3,(H,28,30)/b22-12-/t25-/m1/s1. The molecule has 4 rings (SSSR count). The molecular formula is C25H26N4OS2. The molecule has 1 aliphatic heterocycles. The van der Waals surface area contributed by atoms with E-state index >= 15 is 0 Å². The molecule has 2 aromatic heterocycles. The van der Waals surface area contributed by atoms with Crippen molar-refractivity contribution in [3.63, 3.8) is 0 Å². The largest absolute Gasteiger partial charge is 0.357 e. The van der Waals surface area contributed by atoms with Gasteiger partial charge in [-0.3, -0.25) is 4.79 Å². The first kappa shape index (κ1) is 22.3. The molecule has 7 heteroatoms. The highest BCUT2D eigenvalue weighted by Crippen LogP contribution is 2.35. The summed E-state index contributed by atoms with van der Waals surface area (Å²) in [7, 11) is 0. The van der Waals surface area contributed by atoms with E-state index in [0.29, 0.717) is 4.91 Å². The molecule has 32 heavy (non-hydrogen) atoms. The van der Waals surface area contributed by atoms with E-state index in [0.717, 1.165) is 50.1 Å². The van der Waals surface area contributed by atoms with Crippen LogP contribution in [0, 0.1) is 39.0 Å². The molecule has 0 aliphatic carbocycles. The Kier molecular flexibility index (Phi) is 6.18. The molecule has 0 spiro atoms. The normalized spacial score (nSPS) is 16.9.